The molecule has 0 aliphatic carbocycles. The number of nitro groups is 1. The van der Waals surface area contributed by atoms with Crippen molar-refractivity contribution in [3.63, 3.8) is 0 Å². The summed E-state index contributed by atoms with van der Waals surface area (Å²) in [5, 5.41) is 19.1. The number of nitrogens with zero attached hydrogens (tertiary/aromatic N) is 3. The highest BCUT2D eigenvalue weighted by Crippen LogP contribution is 2.30. The van der Waals surface area contributed by atoms with E-state index in [2.05, 4.69) is 26.3 Å². The summed E-state index contributed by atoms with van der Waals surface area (Å²) in [6.45, 7) is 0.618. The van der Waals surface area contributed by atoms with Gasteiger partial charge in [-0.15, -0.1) is 0 Å². The Morgan fingerprint density at radius 2 is 2.04 bits per heavy atom. The fraction of sp³-hybridized carbons (Fsp3) is 0.167. The Kier molecular flexibility index (Phi) is 5.98. The maximum absolute atomic E-state index is 11.3. The Balaban J connectivity index is 1.74. The number of hydrogen-bond acceptors (Lipinski definition) is 5. The zero-order valence-electron chi connectivity index (χ0n) is 14.4. The van der Waals surface area contributed by atoms with Gasteiger partial charge in [0, 0.05) is 36.4 Å². The number of ether oxygens (including phenoxy) is 1. The summed E-state index contributed by atoms with van der Waals surface area (Å²) in [4.78, 5) is 10.9. The van der Waals surface area contributed by atoms with E-state index in [1.807, 2.05) is 24.3 Å². The van der Waals surface area contributed by atoms with E-state index in [9.17, 15) is 10.1 Å². The van der Waals surface area contributed by atoms with Crippen molar-refractivity contribution in [2.24, 2.45) is 7.05 Å². The minimum Gasteiger partial charge on any atom is -0.487 e. The van der Waals surface area contributed by atoms with Crippen molar-refractivity contribution in [2.75, 3.05) is 5.32 Å². The Bertz CT molecular complexity index is 960. The Labute approximate surface area is 169 Å². The average Bonchev–Trinajstić information content (AvgIpc) is 2.96. The van der Waals surface area contributed by atoms with E-state index in [4.69, 9.17) is 16.3 Å². The zero-order valence-corrected chi connectivity index (χ0v) is 16.7. The number of aryl methyl sites for hydroxylation is 1. The van der Waals surface area contributed by atoms with Crippen LogP contribution in [0.3, 0.4) is 0 Å². The van der Waals surface area contributed by atoms with Crippen LogP contribution in [0.25, 0.3) is 0 Å². The molecular weight excluding hydrogens is 436 g/mol. The first kappa shape index (κ1) is 19.2. The standard InChI is InChI=1S/C18H16BrClN4O3/c1-23-10-15(20)17(22-23)11-27-14-6-7-18(24(25)26)16(8-14)21-9-12-2-4-13(19)5-3-12/h2-8,10,21H,9,11H2,1H3. The van der Waals surface area contributed by atoms with Crippen LogP contribution in [0.5, 0.6) is 5.75 Å². The van der Waals surface area contributed by atoms with Gasteiger partial charge in [-0.05, 0) is 23.8 Å². The predicted octanol–water partition coefficient (Wildman–Crippen LogP) is 4.94. The van der Waals surface area contributed by atoms with Crippen molar-refractivity contribution < 1.29 is 9.66 Å². The molecular formula is C18H16BrClN4O3. The number of hydrogen-bond donors (Lipinski definition) is 1. The van der Waals surface area contributed by atoms with Gasteiger partial charge in [-0.3, -0.25) is 14.8 Å². The number of rotatable bonds is 7. The van der Waals surface area contributed by atoms with E-state index in [0.717, 1.165) is 10.0 Å². The molecule has 0 saturated carbocycles. The van der Waals surface area contributed by atoms with Crippen molar-refractivity contribution in [3.05, 3.63) is 79.5 Å². The molecule has 1 N–H and O–H groups in total. The van der Waals surface area contributed by atoms with E-state index < -0.39 is 4.92 Å². The third-order valence-corrected chi connectivity index (χ3v) is 4.64. The molecule has 0 unspecified atom stereocenters. The van der Waals surface area contributed by atoms with Gasteiger partial charge < -0.3 is 10.1 Å². The monoisotopic (exact) mass is 450 g/mol. The number of nitro benzene ring substituents is 1. The van der Waals surface area contributed by atoms with Gasteiger partial charge in [0.15, 0.2) is 0 Å². The lowest BCUT2D eigenvalue weighted by Crippen LogP contribution is -2.04. The summed E-state index contributed by atoms with van der Waals surface area (Å²) < 4.78 is 8.27. The quantitative estimate of drug-likeness (QED) is 0.406. The second kappa shape index (κ2) is 8.41. The molecule has 0 amide bonds. The van der Waals surface area contributed by atoms with E-state index in [-0.39, 0.29) is 12.3 Å². The summed E-state index contributed by atoms with van der Waals surface area (Å²) in [5.41, 5.74) is 1.96. The molecule has 0 aliphatic heterocycles. The highest BCUT2D eigenvalue weighted by Gasteiger charge is 2.15. The molecule has 0 spiro atoms. The van der Waals surface area contributed by atoms with Gasteiger partial charge >= 0.3 is 0 Å². The van der Waals surface area contributed by atoms with Crippen LogP contribution in [0, 0.1) is 10.1 Å². The molecule has 1 aromatic heterocycles. The van der Waals surface area contributed by atoms with E-state index >= 15 is 0 Å². The van der Waals surface area contributed by atoms with Crippen LogP contribution in [-0.4, -0.2) is 14.7 Å². The number of nitrogens with one attached hydrogen (secondary N) is 1. The zero-order chi connectivity index (χ0) is 19.4. The van der Waals surface area contributed by atoms with Gasteiger partial charge in [-0.25, -0.2) is 0 Å². The molecule has 2 aromatic carbocycles. The first-order valence-electron chi connectivity index (χ1n) is 8.00. The van der Waals surface area contributed by atoms with Gasteiger partial charge in [0.1, 0.15) is 23.7 Å². The van der Waals surface area contributed by atoms with Gasteiger partial charge in [0.25, 0.3) is 5.69 Å². The second-order valence-electron chi connectivity index (χ2n) is 5.80. The van der Waals surface area contributed by atoms with E-state index in [1.54, 1.807) is 30.1 Å². The summed E-state index contributed by atoms with van der Waals surface area (Å²) in [6, 6.07) is 12.3. The van der Waals surface area contributed by atoms with Crippen LogP contribution in [0.1, 0.15) is 11.3 Å². The Hall–Kier alpha value is -2.58. The largest absolute Gasteiger partial charge is 0.487 e. The number of anilines is 1. The first-order valence-corrected chi connectivity index (χ1v) is 9.17. The molecule has 0 bridgehead atoms. The molecule has 0 fully saturated rings. The molecule has 27 heavy (non-hydrogen) atoms. The number of halogens is 2. The van der Waals surface area contributed by atoms with Crippen LogP contribution in [0.15, 0.2) is 53.1 Å². The summed E-state index contributed by atoms with van der Waals surface area (Å²) in [5.74, 6) is 0.487. The van der Waals surface area contributed by atoms with Crippen LogP contribution < -0.4 is 10.1 Å². The molecule has 140 valence electrons. The van der Waals surface area contributed by atoms with Gasteiger partial charge in [-0.1, -0.05) is 39.7 Å². The lowest BCUT2D eigenvalue weighted by molar-refractivity contribution is -0.384. The maximum atomic E-state index is 11.3. The van der Waals surface area contributed by atoms with Crippen LogP contribution >= 0.6 is 27.5 Å². The second-order valence-corrected chi connectivity index (χ2v) is 7.13. The predicted molar refractivity (Wildman–Crippen MR) is 107 cm³/mol. The molecule has 0 aliphatic rings. The first-order chi connectivity index (χ1) is 12.9. The van der Waals surface area contributed by atoms with Crippen molar-refractivity contribution in [1.82, 2.24) is 9.78 Å². The molecule has 3 rings (SSSR count). The van der Waals surface area contributed by atoms with Crippen molar-refractivity contribution in [2.45, 2.75) is 13.2 Å². The third kappa shape index (κ3) is 4.99. The van der Waals surface area contributed by atoms with E-state index in [0.29, 0.717) is 28.7 Å². The summed E-state index contributed by atoms with van der Waals surface area (Å²) in [6.07, 6.45) is 1.68. The molecule has 3 aromatic rings. The number of benzene rings is 2. The third-order valence-electron chi connectivity index (χ3n) is 3.79. The summed E-state index contributed by atoms with van der Waals surface area (Å²) in [7, 11) is 1.77. The minimum absolute atomic E-state index is 0.0182. The lowest BCUT2D eigenvalue weighted by Gasteiger charge is -2.10. The Morgan fingerprint density at radius 1 is 1.30 bits per heavy atom. The lowest BCUT2D eigenvalue weighted by atomic mass is 10.2. The highest BCUT2D eigenvalue weighted by molar-refractivity contribution is 9.10. The molecule has 7 nitrogen and oxygen atoms in total. The van der Waals surface area contributed by atoms with Crippen molar-refractivity contribution in [3.8, 4) is 5.75 Å². The van der Waals surface area contributed by atoms with Gasteiger partial charge in [-0.2, -0.15) is 5.10 Å². The van der Waals surface area contributed by atoms with Crippen molar-refractivity contribution >= 4 is 38.9 Å². The molecule has 1 heterocycles. The van der Waals surface area contributed by atoms with Gasteiger partial charge in [0.2, 0.25) is 0 Å². The van der Waals surface area contributed by atoms with Gasteiger partial charge in [0.05, 0.1) is 9.95 Å². The normalized spacial score (nSPS) is 10.6. The van der Waals surface area contributed by atoms with Crippen molar-refractivity contribution in [1.29, 1.82) is 0 Å². The summed E-state index contributed by atoms with van der Waals surface area (Å²) >= 11 is 9.45. The fourth-order valence-electron chi connectivity index (χ4n) is 2.46. The molecule has 0 saturated heterocycles. The maximum Gasteiger partial charge on any atom is 0.292 e. The SMILES string of the molecule is Cn1cc(Cl)c(COc2ccc([N+](=O)[O-])c(NCc3ccc(Br)cc3)c2)n1. The van der Waals surface area contributed by atoms with Crippen LogP contribution in [0.4, 0.5) is 11.4 Å². The molecule has 0 atom stereocenters. The molecule has 9 heteroatoms. The van der Waals surface area contributed by atoms with E-state index in [1.165, 1.54) is 6.07 Å². The highest BCUT2D eigenvalue weighted by atomic mass is 79.9. The molecule has 0 radical (unpaired) electrons. The average molecular weight is 452 g/mol. The smallest absolute Gasteiger partial charge is 0.292 e. The topological polar surface area (TPSA) is 82.2 Å². The number of aromatic nitrogens is 2. The fourth-order valence-corrected chi connectivity index (χ4v) is 2.96. The Morgan fingerprint density at radius 3 is 2.67 bits per heavy atom. The minimum atomic E-state index is -0.427. The van der Waals surface area contributed by atoms with Crippen LogP contribution in [-0.2, 0) is 20.2 Å². The van der Waals surface area contributed by atoms with Crippen LogP contribution in [0.2, 0.25) is 5.02 Å².